The number of thiophene rings is 1. The van der Waals surface area contributed by atoms with Crippen LogP contribution in [0.3, 0.4) is 0 Å². The largest absolute Gasteiger partial charge is 0.456 e. The van der Waals surface area contributed by atoms with E-state index in [1.165, 1.54) is 42.0 Å². The van der Waals surface area contributed by atoms with Gasteiger partial charge in [0.2, 0.25) is 0 Å². The van der Waals surface area contributed by atoms with Gasteiger partial charge in [0.1, 0.15) is 22.3 Å². The van der Waals surface area contributed by atoms with E-state index in [1.54, 1.807) is 0 Å². The molecule has 0 fully saturated rings. The summed E-state index contributed by atoms with van der Waals surface area (Å²) in [5, 5.41) is 9.29. The summed E-state index contributed by atoms with van der Waals surface area (Å²) in [5.41, 5.74) is 13.4. The number of para-hydroxylation sites is 5. The second kappa shape index (κ2) is 14.5. The summed E-state index contributed by atoms with van der Waals surface area (Å²) in [5.74, 6) is 0. The Kier molecular flexibility index (Phi) is 8.08. The van der Waals surface area contributed by atoms with Crippen molar-refractivity contribution in [1.82, 2.24) is 4.57 Å². The van der Waals surface area contributed by atoms with Crippen LogP contribution in [0.1, 0.15) is 0 Å². The number of hydrogen-bond donors (Lipinski definition) is 0. The SMILES string of the molecule is c1ccc(N(c2ccc3sc4cc(N(c5ccc6c(c5)oc5ccccc56)c5ccc6oc7ccccc7c6c5)ccc4c3c2)c2ccc3c(c2)c2ccccc2n3-c2ccccc2)cc1. The standard InChI is InChI=1S/C60H37N3O2S/c1-3-13-38(14-4-1)61(40-25-30-54-50(33-40)45-17-7-10-20-53(45)63(54)39-15-5-2-6-16-39)42-27-32-59-52(35-42)49-29-24-44(37-60(49)66-59)62(41-26-31-57-51(34-41)47-19-9-12-22-56(47)64-57)43-23-28-48-46-18-8-11-21-55(46)65-58(48)36-43/h1-37H. The molecule has 0 atom stereocenters. The van der Waals surface area contributed by atoms with Gasteiger partial charge in [-0.1, -0.05) is 97.1 Å². The van der Waals surface area contributed by atoms with Crippen molar-refractivity contribution in [2.75, 3.05) is 9.80 Å². The zero-order valence-electron chi connectivity index (χ0n) is 35.4. The molecule has 5 nitrogen and oxygen atoms in total. The Balaban J connectivity index is 0.917. The predicted molar refractivity (Wildman–Crippen MR) is 278 cm³/mol. The number of anilines is 6. The van der Waals surface area contributed by atoms with Gasteiger partial charge >= 0.3 is 0 Å². The zero-order chi connectivity index (χ0) is 43.3. The van der Waals surface area contributed by atoms with E-state index >= 15 is 0 Å². The first kappa shape index (κ1) is 36.9. The maximum absolute atomic E-state index is 6.45. The summed E-state index contributed by atoms with van der Waals surface area (Å²) < 4.78 is 17.6. The molecule has 10 aromatic carbocycles. The van der Waals surface area contributed by atoms with Crippen molar-refractivity contribution in [2.45, 2.75) is 0 Å². The van der Waals surface area contributed by atoms with Crippen LogP contribution >= 0.6 is 11.3 Å². The normalized spacial score (nSPS) is 11.9. The van der Waals surface area contributed by atoms with Gasteiger partial charge in [-0.15, -0.1) is 11.3 Å². The fourth-order valence-corrected chi connectivity index (χ4v) is 11.3. The van der Waals surface area contributed by atoms with E-state index in [9.17, 15) is 0 Å². The monoisotopic (exact) mass is 863 g/mol. The number of rotatable bonds is 7. The maximum atomic E-state index is 6.45. The number of aromatic nitrogens is 1. The van der Waals surface area contributed by atoms with Gasteiger partial charge in [-0.2, -0.15) is 0 Å². The molecule has 4 heterocycles. The summed E-state index contributed by atoms with van der Waals surface area (Å²) in [6.45, 7) is 0. The van der Waals surface area contributed by atoms with E-state index in [-0.39, 0.29) is 0 Å². The van der Waals surface area contributed by atoms with E-state index in [4.69, 9.17) is 8.83 Å². The van der Waals surface area contributed by atoms with Crippen LogP contribution in [0.25, 0.3) is 91.5 Å². The van der Waals surface area contributed by atoms with Crippen molar-refractivity contribution in [2.24, 2.45) is 0 Å². The van der Waals surface area contributed by atoms with Crippen LogP contribution in [0.15, 0.2) is 233 Å². The Morgan fingerprint density at radius 1 is 0.288 bits per heavy atom. The molecule has 0 aliphatic carbocycles. The number of hydrogen-bond acceptors (Lipinski definition) is 5. The third-order valence-corrected chi connectivity index (χ3v) is 14.3. The second-order valence-corrected chi connectivity index (χ2v) is 18.0. The first-order valence-electron chi connectivity index (χ1n) is 22.2. The molecule has 14 rings (SSSR count). The van der Waals surface area contributed by atoms with Gasteiger partial charge in [-0.25, -0.2) is 0 Å². The maximum Gasteiger partial charge on any atom is 0.137 e. The molecule has 14 aromatic rings. The molecule has 0 aliphatic heterocycles. The Labute approximate surface area is 382 Å². The lowest BCUT2D eigenvalue weighted by molar-refractivity contribution is 0.668. The second-order valence-electron chi connectivity index (χ2n) is 16.9. The molecule has 0 radical (unpaired) electrons. The first-order valence-corrected chi connectivity index (χ1v) is 23.0. The van der Waals surface area contributed by atoms with Crippen LogP contribution in [-0.4, -0.2) is 4.57 Å². The van der Waals surface area contributed by atoms with Crippen molar-refractivity contribution >= 4 is 131 Å². The third kappa shape index (κ3) is 5.72. The molecule has 0 saturated heterocycles. The van der Waals surface area contributed by atoms with Crippen LogP contribution in [0, 0.1) is 0 Å². The minimum absolute atomic E-state index is 0.855. The van der Waals surface area contributed by atoms with Crippen molar-refractivity contribution in [1.29, 1.82) is 0 Å². The van der Waals surface area contributed by atoms with E-state index < -0.39 is 0 Å². The molecular formula is C60H37N3O2S. The zero-order valence-corrected chi connectivity index (χ0v) is 36.2. The van der Waals surface area contributed by atoms with Crippen molar-refractivity contribution in [3.05, 3.63) is 224 Å². The van der Waals surface area contributed by atoms with Crippen molar-refractivity contribution in [3.8, 4) is 5.69 Å². The average molecular weight is 864 g/mol. The Hall–Kier alpha value is -8.58. The molecule has 0 N–H and O–H groups in total. The summed E-state index contributed by atoms with van der Waals surface area (Å²) in [6, 6.07) is 80.3. The lowest BCUT2D eigenvalue weighted by atomic mass is 10.1. The molecule has 4 aromatic heterocycles. The van der Waals surface area contributed by atoms with Crippen molar-refractivity contribution < 1.29 is 8.83 Å². The van der Waals surface area contributed by atoms with E-state index in [2.05, 4.69) is 215 Å². The van der Waals surface area contributed by atoms with Gasteiger partial charge in [-0.05, 0) is 121 Å². The van der Waals surface area contributed by atoms with E-state index in [1.807, 2.05) is 35.6 Å². The van der Waals surface area contributed by atoms with Gasteiger partial charge in [-0.3, -0.25) is 0 Å². The molecule has 66 heavy (non-hydrogen) atoms. The van der Waals surface area contributed by atoms with Crippen LogP contribution in [0.5, 0.6) is 0 Å². The fraction of sp³-hybridized carbons (Fsp3) is 0. The Bertz CT molecular complexity index is 4200. The topological polar surface area (TPSA) is 37.7 Å². The molecule has 0 unspecified atom stereocenters. The molecule has 0 saturated carbocycles. The van der Waals surface area contributed by atoms with Gasteiger partial charge < -0.3 is 23.2 Å². The van der Waals surface area contributed by atoms with Gasteiger partial charge in [0.05, 0.1) is 11.0 Å². The third-order valence-electron chi connectivity index (χ3n) is 13.1. The highest BCUT2D eigenvalue weighted by Crippen LogP contribution is 2.46. The van der Waals surface area contributed by atoms with Crippen LogP contribution < -0.4 is 9.80 Å². The molecule has 6 heteroatoms. The molecule has 0 spiro atoms. The summed E-state index contributed by atoms with van der Waals surface area (Å²) in [7, 11) is 0. The minimum atomic E-state index is 0.855. The molecule has 310 valence electrons. The first-order chi connectivity index (χ1) is 32.7. The van der Waals surface area contributed by atoms with Gasteiger partial charge in [0.25, 0.3) is 0 Å². The minimum Gasteiger partial charge on any atom is -0.456 e. The van der Waals surface area contributed by atoms with E-state index in [0.29, 0.717) is 0 Å². The average Bonchev–Trinajstić information content (AvgIpc) is 4.13. The Morgan fingerprint density at radius 3 is 1.58 bits per heavy atom. The number of furan rings is 2. The quantitative estimate of drug-likeness (QED) is 0.160. The highest BCUT2D eigenvalue weighted by atomic mass is 32.1. The molecule has 0 amide bonds. The van der Waals surface area contributed by atoms with E-state index in [0.717, 1.165) is 83.7 Å². The molecule has 0 bridgehead atoms. The van der Waals surface area contributed by atoms with Crippen LogP contribution in [0.2, 0.25) is 0 Å². The lowest BCUT2D eigenvalue weighted by Gasteiger charge is -2.26. The van der Waals surface area contributed by atoms with Crippen LogP contribution in [0.4, 0.5) is 34.1 Å². The number of benzene rings is 10. The highest BCUT2D eigenvalue weighted by molar-refractivity contribution is 7.25. The molecule has 0 aliphatic rings. The molecular weight excluding hydrogens is 827 g/mol. The summed E-state index contributed by atoms with van der Waals surface area (Å²) in [6.07, 6.45) is 0. The summed E-state index contributed by atoms with van der Waals surface area (Å²) in [4.78, 5) is 4.72. The smallest absolute Gasteiger partial charge is 0.137 e. The fourth-order valence-electron chi connectivity index (χ4n) is 10.2. The predicted octanol–water partition coefficient (Wildman–Crippen LogP) is 17.9. The summed E-state index contributed by atoms with van der Waals surface area (Å²) >= 11 is 1.83. The van der Waals surface area contributed by atoms with Crippen molar-refractivity contribution in [3.63, 3.8) is 0 Å². The van der Waals surface area contributed by atoms with Gasteiger partial charge in [0.15, 0.2) is 0 Å². The lowest BCUT2D eigenvalue weighted by Crippen LogP contribution is -2.09. The Morgan fingerprint density at radius 2 is 0.788 bits per heavy atom. The van der Waals surface area contributed by atoms with Crippen LogP contribution in [-0.2, 0) is 0 Å². The highest BCUT2D eigenvalue weighted by Gasteiger charge is 2.21. The van der Waals surface area contributed by atoms with Gasteiger partial charge in [0, 0.05) is 98.4 Å². The number of nitrogens with zero attached hydrogens (tertiary/aromatic N) is 3. The number of fused-ring (bicyclic) bond motifs is 12.